The molecule has 3 rings (SSSR count). The van der Waals surface area contributed by atoms with Gasteiger partial charge in [-0.25, -0.2) is 4.39 Å². The zero-order chi connectivity index (χ0) is 14.1. The molecule has 0 unspecified atom stereocenters. The molecular weight excluding hydrogens is 255 g/mol. The zero-order valence-corrected chi connectivity index (χ0v) is 11.8. The van der Waals surface area contributed by atoms with Crippen LogP contribution in [-0.2, 0) is 4.79 Å². The van der Waals surface area contributed by atoms with Gasteiger partial charge in [-0.15, -0.1) is 0 Å². The van der Waals surface area contributed by atoms with E-state index in [0.717, 1.165) is 18.5 Å². The van der Waals surface area contributed by atoms with Crippen LogP contribution in [0.15, 0.2) is 24.3 Å². The van der Waals surface area contributed by atoms with Crippen LogP contribution in [-0.4, -0.2) is 29.9 Å². The Hall–Kier alpha value is -1.42. The molecule has 1 heterocycles. The molecular formula is C16H21FN2O. The number of nitrogens with one attached hydrogen (secondary N) is 1. The molecule has 1 aromatic rings. The van der Waals surface area contributed by atoms with Crippen molar-refractivity contribution in [1.29, 1.82) is 0 Å². The quantitative estimate of drug-likeness (QED) is 0.916. The largest absolute Gasteiger partial charge is 0.334 e. The fourth-order valence-corrected chi connectivity index (χ4v) is 3.05. The molecule has 3 nitrogen and oxygen atoms in total. The Balaban J connectivity index is 1.73. The summed E-state index contributed by atoms with van der Waals surface area (Å²) in [5.41, 5.74) is 0.912. The first kappa shape index (κ1) is 13.6. The van der Waals surface area contributed by atoms with Gasteiger partial charge in [-0.2, -0.15) is 0 Å². The van der Waals surface area contributed by atoms with Gasteiger partial charge in [-0.05, 0) is 42.9 Å². The highest BCUT2D eigenvalue weighted by molar-refractivity contribution is 5.79. The minimum absolute atomic E-state index is 0.0132. The maximum atomic E-state index is 13.4. The van der Waals surface area contributed by atoms with E-state index in [4.69, 9.17) is 0 Å². The van der Waals surface area contributed by atoms with Crippen molar-refractivity contribution in [2.75, 3.05) is 13.1 Å². The molecule has 2 fully saturated rings. The van der Waals surface area contributed by atoms with Gasteiger partial charge in [-0.1, -0.05) is 19.1 Å². The van der Waals surface area contributed by atoms with E-state index in [1.807, 2.05) is 11.0 Å². The zero-order valence-electron chi connectivity index (χ0n) is 11.8. The highest BCUT2D eigenvalue weighted by atomic mass is 19.1. The van der Waals surface area contributed by atoms with E-state index in [-0.39, 0.29) is 17.8 Å². The van der Waals surface area contributed by atoms with E-state index in [2.05, 4.69) is 12.2 Å². The number of likely N-dealkylation sites (tertiary alicyclic amines) is 1. The average Bonchev–Trinajstić information content (AvgIpc) is 3.17. The molecule has 0 radical (unpaired) electrons. The van der Waals surface area contributed by atoms with Crippen molar-refractivity contribution in [1.82, 2.24) is 10.2 Å². The van der Waals surface area contributed by atoms with Gasteiger partial charge in [0.05, 0.1) is 12.6 Å². The first-order valence-electron chi connectivity index (χ1n) is 7.43. The number of halogens is 1. The molecule has 1 amide bonds. The minimum atomic E-state index is -0.231. The summed E-state index contributed by atoms with van der Waals surface area (Å²) >= 11 is 0. The lowest BCUT2D eigenvalue weighted by Crippen LogP contribution is -2.39. The van der Waals surface area contributed by atoms with Gasteiger partial charge in [0, 0.05) is 12.6 Å². The van der Waals surface area contributed by atoms with E-state index in [1.54, 1.807) is 12.1 Å². The molecule has 108 valence electrons. The Morgan fingerprint density at radius 2 is 2.20 bits per heavy atom. The second-order valence-electron chi connectivity index (χ2n) is 6.01. The summed E-state index contributed by atoms with van der Waals surface area (Å²) in [6, 6.07) is 7.20. The van der Waals surface area contributed by atoms with Crippen molar-refractivity contribution in [3.8, 4) is 0 Å². The number of carbonyl (C=O) groups excluding carboxylic acids is 1. The van der Waals surface area contributed by atoms with E-state index < -0.39 is 0 Å². The van der Waals surface area contributed by atoms with Crippen molar-refractivity contribution in [3.05, 3.63) is 35.6 Å². The van der Waals surface area contributed by atoms with Crippen molar-refractivity contribution >= 4 is 5.91 Å². The molecule has 20 heavy (non-hydrogen) atoms. The van der Waals surface area contributed by atoms with Gasteiger partial charge in [0.25, 0.3) is 0 Å². The molecule has 1 saturated heterocycles. The van der Waals surface area contributed by atoms with Crippen LogP contribution in [0.5, 0.6) is 0 Å². The second-order valence-corrected chi connectivity index (χ2v) is 6.01. The molecule has 2 atom stereocenters. The molecule has 1 saturated carbocycles. The lowest BCUT2D eigenvalue weighted by atomic mass is 9.95. The maximum Gasteiger partial charge on any atom is 0.237 e. The fraction of sp³-hybridized carbons (Fsp3) is 0.562. The van der Waals surface area contributed by atoms with Gasteiger partial charge >= 0.3 is 0 Å². The van der Waals surface area contributed by atoms with Gasteiger partial charge in [0.15, 0.2) is 0 Å². The van der Waals surface area contributed by atoms with Crippen LogP contribution in [0.25, 0.3) is 0 Å². The normalized spacial score (nSPS) is 26.0. The third-order valence-electron chi connectivity index (χ3n) is 4.33. The van der Waals surface area contributed by atoms with Crippen LogP contribution in [0.2, 0.25) is 0 Å². The summed E-state index contributed by atoms with van der Waals surface area (Å²) in [4.78, 5) is 14.3. The summed E-state index contributed by atoms with van der Waals surface area (Å²) in [6.45, 7) is 3.31. The number of hydrogen-bond donors (Lipinski definition) is 1. The molecule has 2 aliphatic rings. The van der Waals surface area contributed by atoms with Gasteiger partial charge in [0.2, 0.25) is 5.91 Å². The fourth-order valence-electron chi connectivity index (χ4n) is 3.05. The first-order valence-corrected chi connectivity index (χ1v) is 7.43. The standard InChI is InChI=1S/C16H21FN2O/c1-11-7-8-19(15(20)10-18-14-5-6-14)16(11)12-3-2-4-13(17)9-12/h2-4,9,11,14,16,18H,5-8,10H2,1H3/t11-,16+/m0/s1. The van der Waals surface area contributed by atoms with Crippen LogP contribution in [0.3, 0.4) is 0 Å². The summed E-state index contributed by atoms with van der Waals surface area (Å²) in [6.07, 6.45) is 3.34. The molecule has 0 bridgehead atoms. The van der Waals surface area contributed by atoms with E-state index in [9.17, 15) is 9.18 Å². The van der Waals surface area contributed by atoms with E-state index >= 15 is 0 Å². The molecule has 1 aromatic carbocycles. The van der Waals surface area contributed by atoms with Crippen molar-refractivity contribution in [2.24, 2.45) is 5.92 Å². The number of hydrogen-bond acceptors (Lipinski definition) is 2. The molecule has 1 aliphatic heterocycles. The van der Waals surface area contributed by atoms with Crippen LogP contribution >= 0.6 is 0 Å². The topological polar surface area (TPSA) is 32.3 Å². The Morgan fingerprint density at radius 3 is 2.90 bits per heavy atom. The van der Waals surface area contributed by atoms with Gasteiger partial charge in [0.1, 0.15) is 5.82 Å². The lowest BCUT2D eigenvalue weighted by molar-refractivity contribution is -0.131. The van der Waals surface area contributed by atoms with Crippen LogP contribution in [0.1, 0.15) is 37.8 Å². The Bertz CT molecular complexity index is 501. The smallest absolute Gasteiger partial charge is 0.237 e. The average molecular weight is 276 g/mol. The van der Waals surface area contributed by atoms with Crippen molar-refractivity contribution in [2.45, 2.75) is 38.3 Å². The second kappa shape index (κ2) is 5.52. The van der Waals surface area contributed by atoms with E-state index in [0.29, 0.717) is 18.5 Å². The van der Waals surface area contributed by atoms with Crippen LogP contribution in [0, 0.1) is 11.7 Å². The van der Waals surface area contributed by atoms with Crippen LogP contribution in [0.4, 0.5) is 4.39 Å². The van der Waals surface area contributed by atoms with Crippen LogP contribution < -0.4 is 5.32 Å². The first-order chi connectivity index (χ1) is 9.65. The SMILES string of the molecule is C[C@H]1CCN(C(=O)CNC2CC2)[C@H]1c1cccc(F)c1. The summed E-state index contributed by atoms with van der Waals surface area (Å²) < 4.78 is 13.4. The van der Waals surface area contributed by atoms with Gasteiger partial charge in [-0.3, -0.25) is 4.79 Å². The minimum Gasteiger partial charge on any atom is -0.334 e. The molecule has 0 spiro atoms. The number of carbonyl (C=O) groups is 1. The maximum absolute atomic E-state index is 13.4. The predicted octanol–water partition coefficient (Wildman–Crippen LogP) is 2.49. The Morgan fingerprint density at radius 1 is 1.40 bits per heavy atom. The third-order valence-corrected chi connectivity index (χ3v) is 4.33. The number of nitrogens with zero attached hydrogens (tertiary/aromatic N) is 1. The van der Waals surface area contributed by atoms with E-state index in [1.165, 1.54) is 18.9 Å². The van der Waals surface area contributed by atoms with Crippen molar-refractivity contribution in [3.63, 3.8) is 0 Å². The van der Waals surface area contributed by atoms with Crippen molar-refractivity contribution < 1.29 is 9.18 Å². The number of amides is 1. The summed E-state index contributed by atoms with van der Waals surface area (Å²) in [5.74, 6) is 0.280. The highest BCUT2D eigenvalue weighted by Crippen LogP contribution is 2.37. The monoisotopic (exact) mass is 276 g/mol. The van der Waals surface area contributed by atoms with Gasteiger partial charge < -0.3 is 10.2 Å². The third kappa shape index (κ3) is 2.85. The number of benzene rings is 1. The molecule has 4 heteroatoms. The highest BCUT2D eigenvalue weighted by Gasteiger charge is 2.35. The lowest BCUT2D eigenvalue weighted by Gasteiger charge is -2.27. The Labute approximate surface area is 119 Å². The molecule has 0 aromatic heterocycles. The summed E-state index contributed by atoms with van der Waals surface area (Å²) in [7, 11) is 0. The Kier molecular flexibility index (Phi) is 3.74. The predicted molar refractivity (Wildman–Crippen MR) is 75.7 cm³/mol. The molecule has 1 N–H and O–H groups in total. The summed E-state index contributed by atoms with van der Waals surface area (Å²) in [5, 5.41) is 3.27. The molecule has 1 aliphatic carbocycles. The number of rotatable bonds is 4.